The second-order valence-corrected chi connectivity index (χ2v) is 7.45. The van der Waals surface area contributed by atoms with Crippen molar-refractivity contribution in [1.29, 1.82) is 0 Å². The topological polar surface area (TPSA) is 28.7 Å². The van der Waals surface area contributed by atoms with Gasteiger partial charge in [0.1, 0.15) is 0 Å². The van der Waals surface area contributed by atoms with Gasteiger partial charge in [0.25, 0.3) is 0 Å². The lowest BCUT2D eigenvalue weighted by Crippen LogP contribution is -2.11. The predicted octanol–water partition coefficient (Wildman–Crippen LogP) is 6.17. The van der Waals surface area contributed by atoms with E-state index < -0.39 is 0 Å². The van der Waals surface area contributed by atoms with Crippen molar-refractivity contribution in [3.8, 4) is 11.3 Å². The second kappa shape index (κ2) is 6.90. The molecule has 2 aliphatic rings. The van der Waals surface area contributed by atoms with Crippen LogP contribution in [0.25, 0.3) is 11.3 Å². The summed E-state index contributed by atoms with van der Waals surface area (Å²) in [7, 11) is 0. The third kappa shape index (κ3) is 3.08. The fraction of sp³-hybridized carbons (Fsp3) is 0.571. The van der Waals surface area contributed by atoms with E-state index in [1.54, 1.807) is 11.1 Å². The molecule has 2 saturated carbocycles. The summed E-state index contributed by atoms with van der Waals surface area (Å²) in [4.78, 5) is 7.72. The highest BCUT2D eigenvalue weighted by molar-refractivity contribution is 5.69. The predicted molar refractivity (Wildman–Crippen MR) is 95.7 cm³/mol. The first-order valence-corrected chi connectivity index (χ1v) is 9.55. The quantitative estimate of drug-likeness (QED) is 0.721. The van der Waals surface area contributed by atoms with Crippen molar-refractivity contribution in [2.45, 2.75) is 76.0 Å². The number of aromatic nitrogens is 2. The van der Waals surface area contributed by atoms with E-state index in [0.29, 0.717) is 0 Å². The molecular formula is C21H28N2. The standard InChI is InChI=1S/C21H28N2/c1-3-8-16(9-4-1)18-12-7-13-19(17-10-5-2-6-11-17)21(18)20-14-22-15-23-20/h7,12-17H,1-6,8-11H2,(H,22,23). The van der Waals surface area contributed by atoms with E-state index in [0.717, 1.165) is 11.8 Å². The fourth-order valence-corrected chi connectivity index (χ4v) is 4.80. The van der Waals surface area contributed by atoms with Crippen LogP contribution in [0.2, 0.25) is 0 Å². The third-order valence-electron chi connectivity index (χ3n) is 5.99. The molecule has 0 spiro atoms. The Morgan fingerprint density at radius 2 is 1.35 bits per heavy atom. The maximum atomic E-state index is 4.32. The van der Waals surface area contributed by atoms with Gasteiger partial charge in [-0.2, -0.15) is 0 Å². The minimum atomic E-state index is 0.741. The minimum absolute atomic E-state index is 0.741. The molecule has 0 aliphatic heterocycles. The van der Waals surface area contributed by atoms with Crippen molar-refractivity contribution < 1.29 is 0 Å². The fourth-order valence-electron chi connectivity index (χ4n) is 4.80. The average molecular weight is 308 g/mol. The summed E-state index contributed by atoms with van der Waals surface area (Å²) in [5, 5.41) is 0. The Hall–Kier alpha value is -1.57. The van der Waals surface area contributed by atoms with Crippen LogP contribution in [0.5, 0.6) is 0 Å². The number of aromatic amines is 1. The molecule has 0 saturated heterocycles. The van der Waals surface area contributed by atoms with Crippen molar-refractivity contribution in [2.75, 3.05) is 0 Å². The van der Waals surface area contributed by atoms with Gasteiger partial charge < -0.3 is 4.98 Å². The molecule has 2 aromatic rings. The molecule has 2 heteroatoms. The maximum absolute atomic E-state index is 4.32. The Bertz CT molecular complexity index is 581. The van der Waals surface area contributed by atoms with E-state index in [9.17, 15) is 0 Å². The van der Waals surface area contributed by atoms with Gasteiger partial charge in [-0.1, -0.05) is 56.7 Å². The lowest BCUT2D eigenvalue weighted by atomic mass is 9.76. The van der Waals surface area contributed by atoms with E-state index in [1.165, 1.54) is 75.5 Å². The second-order valence-electron chi connectivity index (χ2n) is 7.45. The third-order valence-corrected chi connectivity index (χ3v) is 5.99. The number of hydrogen-bond donors (Lipinski definition) is 1. The van der Waals surface area contributed by atoms with Gasteiger partial charge in [-0.3, -0.25) is 0 Å². The summed E-state index contributed by atoms with van der Waals surface area (Å²) >= 11 is 0. The van der Waals surface area contributed by atoms with E-state index in [-0.39, 0.29) is 0 Å². The Kier molecular flexibility index (Phi) is 4.50. The van der Waals surface area contributed by atoms with Gasteiger partial charge in [-0.05, 0) is 48.6 Å². The van der Waals surface area contributed by atoms with Crippen LogP contribution in [0.3, 0.4) is 0 Å². The molecule has 0 bridgehead atoms. The van der Waals surface area contributed by atoms with E-state index >= 15 is 0 Å². The molecule has 1 heterocycles. The molecule has 1 N–H and O–H groups in total. The van der Waals surface area contributed by atoms with Crippen LogP contribution >= 0.6 is 0 Å². The number of nitrogens with zero attached hydrogens (tertiary/aromatic N) is 1. The summed E-state index contributed by atoms with van der Waals surface area (Å²) in [6, 6.07) is 7.09. The molecule has 4 rings (SSSR count). The van der Waals surface area contributed by atoms with Crippen molar-refractivity contribution in [3.63, 3.8) is 0 Å². The van der Waals surface area contributed by atoms with Gasteiger partial charge >= 0.3 is 0 Å². The Balaban J connectivity index is 1.78. The molecular weight excluding hydrogens is 280 g/mol. The maximum Gasteiger partial charge on any atom is 0.0924 e. The summed E-state index contributed by atoms with van der Waals surface area (Å²) < 4.78 is 0. The number of H-pyrrole nitrogens is 1. The number of imidazole rings is 1. The number of hydrogen-bond acceptors (Lipinski definition) is 1. The van der Waals surface area contributed by atoms with Crippen LogP contribution in [0.15, 0.2) is 30.7 Å². The zero-order valence-electron chi connectivity index (χ0n) is 14.1. The molecule has 1 aromatic carbocycles. The molecule has 122 valence electrons. The van der Waals surface area contributed by atoms with Crippen LogP contribution in [0.1, 0.15) is 87.2 Å². The van der Waals surface area contributed by atoms with Gasteiger partial charge in [0.15, 0.2) is 0 Å². The molecule has 2 nitrogen and oxygen atoms in total. The number of rotatable bonds is 3. The first-order valence-electron chi connectivity index (χ1n) is 9.55. The molecule has 0 unspecified atom stereocenters. The largest absolute Gasteiger partial charge is 0.345 e. The van der Waals surface area contributed by atoms with E-state index in [2.05, 4.69) is 28.2 Å². The minimum Gasteiger partial charge on any atom is -0.345 e. The molecule has 2 aliphatic carbocycles. The molecule has 2 fully saturated rings. The SMILES string of the molecule is c1cc(C2CCCCC2)c(-c2cnc[nH]2)c(C2CCCCC2)c1. The highest BCUT2D eigenvalue weighted by atomic mass is 14.9. The first-order chi connectivity index (χ1) is 11.4. The lowest BCUT2D eigenvalue weighted by molar-refractivity contribution is 0.436. The van der Waals surface area contributed by atoms with Crippen molar-refractivity contribution in [3.05, 3.63) is 41.9 Å². The van der Waals surface area contributed by atoms with E-state index in [1.807, 2.05) is 12.5 Å². The van der Waals surface area contributed by atoms with Crippen molar-refractivity contribution >= 4 is 0 Å². The van der Waals surface area contributed by atoms with Crippen molar-refractivity contribution in [2.24, 2.45) is 0 Å². The van der Waals surface area contributed by atoms with Crippen LogP contribution in [-0.2, 0) is 0 Å². The molecule has 23 heavy (non-hydrogen) atoms. The van der Waals surface area contributed by atoms with Gasteiger partial charge in [0.2, 0.25) is 0 Å². The normalized spacial score (nSPS) is 20.7. The zero-order chi connectivity index (χ0) is 15.5. The molecule has 0 amide bonds. The number of nitrogens with one attached hydrogen (secondary N) is 1. The Morgan fingerprint density at radius 1 is 0.783 bits per heavy atom. The smallest absolute Gasteiger partial charge is 0.0924 e. The van der Waals surface area contributed by atoms with Gasteiger partial charge in [0.05, 0.1) is 18.2 Å². The van der Waals surface area contributed by atoms with Gasteiger partial charge in [-0.15, -0.1) is 0 Å². The van der Waals surface area contributed by atoms with Crippen molar-refractivity contribution in [1.82, 2.24) is 9.97 Å². The van der Waals surface area contributed by atoms with E-state index in [4.69, 9.17) is 0 Å². The highest BCUT2D eigenvalue weighted by Crippen LogP contribution is 2.43. The molecule has 1 aromatic heterocycles. The Morgan fingerprint density at radius 3 is 1.83 bits per heavy atom. The van der Waals surface area contributed by atoms with Gasteiger partial charge in [-0.25, -0.2) is 4.98 Å². The highest BCUT2D eigenvalue weighted by Gasteiger charge is 2.25. The Labute approximate surface area is 139 Å². The lowest BCUT2D eigenvalue weighted by Gasteiger charge is -2.29. The van der Waals surface area contributed by atoms with Gasteiger partial charge in [0, 0.05) is 5.56 Å². The van der Waals surface area contributed by atoms with Crippen LogP contribution in [-0.4, -0.2) is 9.97 Å². The first kappa shape index (κ1) is 15.0. The molecule has 0 radical (unpaired) electrons. The summed E-state index contributed by atoms with van der Waals surface area (Å²) in [5.41, 5.74) is 5.88. The van der Waals surface area contributed by atoms with Crippen LogP contribution < -0.4 is 0 Å². The summed E-state index contributed by atoms with van der Waals surface area (Å²) in [6.45, 7) is 0. The summed E-state index contributed by atoms with van der Waals surface area (Å²) in [5.74, 6) is 1.48. The zero-order valence-corrected chi connectivity index (χ0v) is 14.1. The summed E-state index contributed by atoms with van der Waals surface area (Å²) in [6.07, 6.45) is 17.7. The monoisotopic (exact) mass is 308 g/mol. The number of benzene rings is 1. The molecule has 0 atom stereocenters. The average Bonchev–Trinajstić information content (AvgIpc) is 3.17. The van der Waals surface area contributed by atoms with Crippen LogP contribution in [0.4, 0.5) is 0 Å². The van der Waals surface area contributed by atoms with Crippen LogP contribution in [0, 0.1) is 0 Å².